The van der Waals surface area contributed by atoms with Gasteiger partial charge in [0, 0.05) is 6.04 Å². The molecule has 17 heavy (non-hydrogen) atoms. The molecule has 0 aliphatic heterocycles. The molecule has 5 nitrogen and oxygen atoms in total. The summed E-state index contributed by atoms with van der Waals surface area (Å²) in [6, 6.07) is -0.936. The van der Waals surface area contributed by atoms with E-state index in [-0.39, 0.29) is 17.9 Å². The van der Waals surface area contributed by atoms with Gasteiger partial charge in [-0.3, -0.25) is 14.9 Å². The fourth-order valence-corrected chi connectivity index (χ4v) is 1.65. The predicted molar refractivity (Wildman–Crippen MR) is 64.6 cm³/mol. The number of carboxylic acid groups (broad SMARTS) is 1. The van der Waals surface area contributed by atoms with Crippen molar-refractivity contribution in [1.82, 2.24) is 10.6 Å². The van der Waals surface area contributed by atoms with Crippen LogP contribution in [0.3, 0.4) is 0 Å². The molecule has 1 aliphatic rings. The van der Waals surface area contributed by atoms with Crippen molar-refractivity contribution in [2.45, 2.75) is 58.2 Å². The molecule has 1 saturated carbocycles. The van der Waals surface area contributed by atoms with Crippen LogP contribution >= 0.6 is 0 Å². The molecule has 1 fully saturated rings. The van der Waals surface area contributed by atoms with E-state index in [1.165, 1.54) is 0 Å². The summed E-state index contributed by atoms with van der Waals surface area (Å²) in [5, 5.41) is 14.8. The summed E-state index contributed by atoms with van der Waals surface area (Å²) >= 11 is 0. The van der Waals surface area contributed by atoms with Gasteiger partial charge in [0.05, 0.1) is 6.04 Å². The highest BCUT2D eigenvalue weighted by atomic mass is 16.4. The second-order valence-corrected chi connectivity index (χ2v) is 4.86. The molecule has 0 bridgehead atoms. The van der Waals surface area contributed by atoms with Crippen molar-refractivity contribution in [2.75, 3.05) is 0 Å². The van der Waals surface area contributed by atoms with Gasteiger partial charge in [0.15, 0.2) is 0 Å². The molecular formula is C12H22N2O3. The highest BCUT2D eigenvalue weighted by Crippen LogP contribution is 2.32. The quantitative estimate of drug-likeness (QED) is 0.615. The molecular weight excluding hydrogens is 220 g/mol. The predicted octanol–water partition coefficient (Wildman–Crippen LogP) is 0.742. The molecule has 3 atom stereocenters. The molecule has 3 unspecified atom stereocenters. The summed E-state index contributed by atoms with van der Waals surface area (Å²) in [7, 11) is 0. The number of hydrogen-bond donors (Lipinski definition) is 3. The number of carbonyl (C=O) groups is 2. The van der Waals surface area contributed by atoms with Crippen molar-refractivity contribution in [3.05, 3.63) is 0 Å². The molecule has 1 amide bonds. The lowest BCUT2D eigenvalue weighted by atomic mass is 10.1. The fraction of sp³-hybridized carbons (Fsp3) is 0.833. The van der Waals surface area contributed by atoms with E-state index in [2.05, 4.69) is 10.6 Å². The minimum atomic E-state index is -0.865. The smallest absolute Gasteiger partial charge is 0.321 e. The van der Waals surface area contributed by atoms with Crippen LogP contribution in [0.15, 0.2) is 0 Å². The number of amides is 1. The Balaban J connectivity index is 2.43. The first-order valence-electron chi connectivity index (χ1n) is 6.25. The molecule has 0 spiro atoms. The second-order valence-electron chi connectivity index (χ2n) is 4.86. The first-order chi connectivity index (χ1) is 7.95. The van der Waals surface area contributed by atoms with Crippen LogP contribution < -0.4 is 10.6 Å². The van der Waals surface area contributed by atoms with E-state index < -0.39 is 18.1 Å². The molecule has 0 aromatic rings. The first kappa shape index (κ1) is 14.0. The summed E-state index contributed by atoms with van der Waals surface area (Å²) in [6.45, 7) is 5.63. The Bertz CT molecular complexity index is 289. The summed E-state index contributed by atoms with van der Waals surface area (Å²) in [6.07, 6.45) is 2.73. The van der Waals surface area contributed by atoms with Crippen molar-refractivity contribution in [1.29, 1.82) is 0 Å². The van der Waals surface area contributed by atoms with Gasteiger partial charge in [0.25, 0.3) is 0 Å². The zero-order chi connectivity index (χ0) is 13.0. The first-order valence-corrected chi connectivity index (χ1v) is 6.25. The highest BCUT2D eigenvalue weighted by molar-refractivity contribution is 5.83. The van der Waals surface area contributed by atoms with E-state index in [0.717, 1.165) is 19.3 Å². The Morgan fingerprint density at radius 1 is 1.35 bits per heavy atom. The molecule has 0 radical (unpaired) electrons. The van der Waals surface area contributed by atoms with Gasteiger partial charge < -0.3 is 10.4 Å². The van der Waals surface area contributed by atoms with Crippen LogP contribution in [-0.2, 0) is 9.59 Å². The van der Waals surface area contributed by atoms with E-state index in [1.54, 1.807) is 6.92 Å². The van der Waals surface area contributed by atoms with E-state index >= 15 is 0 Å². The molecule has 1 rings (SSSR count). The van der Waals surface area contributed by atoms with Crippen LogP contribution in [0.2, 0.25) is 0 Å². The number of hydrogen-bond acceptors (Lipinski definition) is 3. The second kappa shape index (κ2) is 6.00. The topological polar surface area (TPSA) is 78.4 Å². The molecule has 3 N–H and O–H groups in total. The lowest BCUT2D eigenvalue weighted by molar-refractivity contribution is -0.140. The molecule has 0 saturated heterocycles. The van der Waals surface area contributed by atoms with Gasteiger partial charge in [-0.2, -0.15) is 0 Å². The zero-order valence-electron chi connectivity index (χ0n) is 10.7. The van der Waals surface area contributed by atoms with Crippen LogP contribution in [0, 0.1) is 5.92 Å². The van der Waals surface area contributed by atoms with Crippen LogP contribution in [0.25, 0.3) is 0 Å². The monoisotopic (exact) mass is 242 g/mol. The van der Waals surface area contributed by atoms with Crippen molar-refractivity contribution >= 4 is 11.9 Å². The van der Waals surface area contributed by atoms with Crippen LogP contribution in [-0.4, -0.2) is 35.1 Å². The number of rotatable bonds is 7. The third-order valence-electron chi connectivity index (χ3n) is 3.18. The average molecular weight is 242 g/mol. The Hall–Kier alpha value is -1.10. The fourth-order valence-electron chi connectivity index (χ4n) is 1.65. The molecule has 5 heteroatoms. The van der Waals surface area contributed by atoms with E-state index in [9.17, 15) is 9.59 Å². The zero-order valence-corrected chi connectivity index (χ0v) is 10.7. The summed E-state index contributed by atoms with van der Waals surface area (Å²) in [4.78, 5) is 22.8. The van der Waals surface area contributed by atoms with Gasteiger partial charge in [-0.05, 0) is 39.0 Å². The Kier molecular flexibility index (Phi) is 4.93. The highest BCUT2D eigenvalue weighted by Gasteiger charge is 2.37. The van der Waals surface area contributed by atoms with Crippen LogP contribution in [0.1, 0.15) is 40.0 Å². The van der Waals surface area contributed by atoms with Crippen molar-refractivity contribution in [2.24, 2.45) is 5.92 Å². The summed E-state index contributed by atoms with van der Waals surface area (Å²) in [5.41, 5.74) is 0. The number of carbonyl (C=O) groups excluding carboxylic acids is 1. The maximum Gasteiger partial charge on any atom is 0.321 e. The molecule has 0 aromatic heterocycles. The maximum atomic E-state index is 11.7. The van der Waals surface area contributed by atoms with Crippen LogP contribution in [0.5, 0.6) is 0 Å². The molecule has 98 valence electrons. The van der Waals surface area contributed by atoms with Gasteiger partial charge in [0.1, 0.15) is 6.04 Å². The lowest BCUT2D eigenvalue weighted by Crippen LogP contribution is -2.51. The summed E-state index contributed by atoms with van der Waals surface area (Å²) < 4.78 is 0. The Labute approximate surface area is 102 Å². The third kappa shape index (κ3) is 4.34. The number of aliphatic carboxylic acids is 1. The summed E-state index contributed by atoms with van der Waals surface area (Å²) in [5.74, 6) is -0.812. The van der Waals surface area contributed by atoms with E-state index in [4.69, 9.17) is 5.11 Å². The molecule has 0 aromatic carbocycles. The molecule has 1 aliphatic carbocycles. The SMILES string of the molecule is CCC(C)NC(=O)C(C)NC(C(=O)O)C1CC1. The Morgan fingerprint density at radius 2 is 1.94 bits per heavy atom. The third-order valence-corrected chi connectivity index (χ3v) is 3.18. The maximum absolute atomic E-state index is 11.7. The van der Waals surface area contributed by atoms with Crippen molar-refractivity contribution in [3.63, 3.8) is 0 Å². The minimum Gasteiger partial charge on any atom is -0.480 e. The average Bonchev–Trinajstić information content (AvgIpc) is 3.08. The standard InChI is InChI=1S/C12H22N2O3/c1-4-7(2)13-11(15)8(3)14-10(12(16)17)9-5-6-9/h7-10,14H,4-6H2,1-3H3,(H,13,15)(H,16,17). The molecule has 0 heterocycles. The number of carboxylic acids is 1. The van der Waals surface area contributed by atoms with Gasteiger partial charge in [0.2, 0.25) is 5.91 Å². The van der Waals surface area contributed by atoms with Crippen molar-refractivity contribution < 1.29 is 14.7 Å². The van der Waals surface area contributed by atoms with Gasteiger partial charge >= 0.3 is 5.97 Å². The van der Waals surface area contributed by atoms with Crippen molar-refractivity contribution in [3.8, 4) is 0 Å². The minimum absolute atomic E-state index is 0.121. The Morgan fingerprint density at radius 3 is 2.35 bits per heavy atom. The van der Waals surface area contributed by atoms with Gasteiger partial charge in [-0.1, -0.05) is 6.92 Å². The van der Waals surface area contributed by atoms with Gasteiger partial charge in [-0.15, -0.1) is 0 Å². The largest absolute Gasteiger partial charge is 0.480 e. The van der Waals surface area contributed by atoms with Crippen LogP contribution in [0.4, 0.5) is 0 Å². The normalized spacial score (nSPS) is 20.4. The van der Waals surface area contributed by atoms with Gasteiger partial charge in [-0.25, -0.2) is 0 Å². The van der Waals surface area contributed by atoms with E-state index in [1.807, 2.05) is 13.8 Å². The van der Waals surface area contributed by atoms with E-state index in [0.29, 0.717) is 0 Å². The lowest BCUT2D eigenvalue weighted by Gasteiger charge is -2.21. The number of nitrogens with one attached hydrogen (secondary N) is 2.